The number of nitrogens with two attached hydrogens (primary N) is 1. The number of hydrogen-bond donors (Lipinski definition) is 1. The fourth-order valence-electron chi connectivity index (χ4n) is 1.77. The minimum absolute atomic E-state index is 0.267. The molecule has 1 unspecified atom stereocenters. The number of halogens is 2. The van der Waals surface area contributed by atoms with Crippen molar-refractivity contribution in [2.75, 3.05) is 0 Å². The molecular weight excluding hydrogens is 225 g/mol. The van der Waals surface area contributed by atoms with Crippen molar-refractivity contribution >= 4 is 11.6 Å². The van der Waals surface area contributed by atoms with Crippen LogP contribution >= 0.6 is 11.6 Å². The van der Waals surface area contributed by atoms with Crippen molar-refractivity contribution in [3.8, 4) is 0 Å². The molecule has 0 fully saturated rings. The second-order valence-electron chi connectivity index (χ2n) is 4.62. The van der Waals surface area contributed by atoms with E-state index in [0.717, 1.165) is 6.42 Å². The van der Waals surface area contributed by atoms with Gasteiger partial charge in [-0.15, -0.1) is 0 Å². The Hall–Kier alpha value is -0.600. The molecule has 0 aliphatic rings. The van der Waals surface area contributed by atoms with E-state index in [1.807, 2.05) is 6.92 Å². The lowest BCUT2D eigenvalue weighted by Gasteiger charge is -2.33. The predicted octanol–water partition coefficient (Wildman–Crippen LogP) is 3.79. The Morgan fingerprint density at radius 2 is 2.06 bits per heavy atom. The van der Waals surface area contributed by atoms with Crippen LogP contribution in [0.4, 0.5) is 4.39 Å². The molecule has 0 radical (unpaired) electrons. The number of rotatable bonds is 4. The van der Waals surface area contributed by atoms with E-state index >= 15 is 0 Å². The third-order valence-electron chi connectivity index (χ3n) is 3.38. The zero-order valence-corrected chi connectivity index (χ0v) is 10.8. The highest BCUT2D eigenvalue weighted by molar-refractivity contribution is 6.31. The summed E-state index contributed by atoms with van der Waals surface area (Å²) in [4.78, 5) is 0. The summed E-state index contributed by atoms with van der Waals surface area (Å²) >= 11 is 6.00. The van der Waals surface area contributed by atoms with E-state index in [-0.39, 0.29) is 11.7 Å². The minimum atomic E-state index is -0.397. The van der Waals surface area contributed by atoms with Gasteiger partial charge in [0.2, 0.25) is 0 Å². The standard InChI is InChI=1S/C13H19ClFN/c1-4-13(16,9(2)3)8-10-11(14)6-5-7-12(10)15/h5-7,9H,4,8,16H2,1-3H3. The summed E-state index contributed by atoms with van der Waals surface area (Å²) in [7, 11) is 0. The average molecular weight is 244 g/mol. The van der Waals surface area contributed by atoms with Crippen LogP contribution in [0.2, 0.25) is 5.02 Å². The van der Waals surface area contributed by atoms with E-state index in [0.29, 0.717) is 17.0 Å². The highest BCUT2D eigenvalue weighted by Gasteiger charge is 2.29. The van der Waals surface area contributed by atoms with Gasteiger partial charge in [-0.2, -0.15) is 0 Å². The van der Waals surface area contributed by atoms with Gasteiger partial charge >= 0.3 is 0 Å². The van der Waals surface area contributed by atoms with Gasteiger partial charge in [0.15, 0.2) is 0 Å². The Bertz CT molecular complexity index is 345. The van der Waals surface area contributed by atoms with Gasteiger partial charge in [0.25, 0.3) is 0 Å². The third kappa shape index (κ3) is 2.74. The lowest BCUT2D eigenvalue weighted by molar-refractivity contribution is 0.293. The minimum Gasteiger partial charge on any atom is -0.325 e. The van der Waals surface area contributed by atoms with Crippen LogP contribution in [0.1, 0.15) is 32.8 Å². The van der Waals surface area contributed by atoms with Crippen molar-refractivity contribution in [1.82, 2.24) is 0 Å². The van der Waals surface area contributed by atoms with Gasteiger partial charge in [0, 0.05) is 16.1 Å². The second-order valence-corrected chi connectivity index (χ2v) is 5.03. The van der Waals surface area contributed by atoms with Crippen molar-refractivity contribution in [2.45, 2.75) is 39.2 Å². The van der Waals surface area contributed by atoms with Gasteiger partial charge in [-0.05, 0) is 30.9 Å². The largest absolute Gasteiger partial charge is 0.325 e. The molecule has 90 valence electrons. The Morgan fingerprint density at radius 1 is 1.44 bits per heavy atom. The van der Waals surface area contributed by atoms with Crippen LogP contribution in [-0.4, -0.2) is 5.54 Å². The summed E-state index contributed by atoms with van der Waals surface area (Å²) in [5.74, 6) is 0.0181. The Balaban J connectivity index is 3.03. The zero-order valence-electron chi connectivity index (χ0n) is 10.1. The molecule has 3 heteroatoms. The highest BCUT2D eigenvalue weighted by Crippen LogP contribution is 2.28. The second kappa shape index (κ2) is 5.15. The molecule has 0 amide bonds. The Kier molecular flexibility index (Phi) is 4.34. The van der Waals surface area contributed by atoms with Crippen LogP contribution in [0, 0.1) is 11.7 Å². The number of hydrogen-bond acceptors (Lipinski definition) is 1. The molecule has 1 aromatic rings. The van der Waals surface area contributed by atoms with Crippen molar-refractivity contribution in [1.29, 1.82) is 0 Å². The zero-order chi connectivity index (χ0) is 12.3. The first kappa shape index (κ1) is 13.5. The normalized spacial score (nSPS) is 15.2. The fraction of sp³-hybridized carbons (Fsp3) is 0.538. The molecule has 0 spiro atoms. The van der Waals surface area contributed by atoms with E-state index in [1.165, 1.54) is 6.07 Å². The quantitative estimate of drug-likeness (QED) is 0.856. The molecule has 0 aromatic heterocycles. The maximum atomic E-state index is 13.6. The lowest BCUT2D eigenvalue weighted by atomic mass is 9.79. The first-order valence-corrected chi connectivity index (χ1v) is 6.00. The molecule has 0 aliphatic heterocycles. The summed E-state index contributed by atoms with van der Waals surface area (Å²) in [6.45, 7) is 6.13. The molecule has 1 atom stereocenters. The Labute approximate surface area is 102 Å². The Morgan fingerprint density at radius 3 is 2.50 bits per heavy atom. The predicted molar refractivity (Wildman–Crippen MR) is 67.2 cm³/mol. The van der Waals surface area contributed by atoms with Gasteiger partial charge in [-0.1, -0.05) is 38.4 Å². The van der Waals surface area contributed by atoms with Crippen LogP contribution in [0.5, 0.6) is 0 Å². The van der Waals surface area contributed by atoms with Crippen molar-refractivity contribution < 1.29 is 4.39 Å². The van der Waals surface area contributed by atoms with Crippen molar-refractivity contribution in [3.63, 3.8) is 0 Å². The summed E-state index contributed by atoms with van der Waals surface area (Å²) in [5, 5.41) is 0.462. The molecule has 1 rings (SSSR count). The molecule has 1 nitrogen and oxygen atoms in total. The smallest absolute Gasteiger partial charge is 0.127 e. The van der Waals surface area contributed by atoms with Crippen LogP contribution in [0.3, 0.4) is 0 Å². The highest BCUT2D eigenvalue weighted by atomic mass is 35.5. The van der Waals surface area contributed by atoms with Crippen LogP contribution in [0.15, 0.2) is 18.2 Å². The SMILES string of the molecule is CCC(N)(Cc1c(F)cccc1Cl)C(C)C. The molecule has 0 saturated carbocycles. The van der Waals surface area contributed by atoms with Crippen molar-refractivity contribution in [3.05, 3.63) is 34.6 Å². The fourth-order valence-corrected chi connectivity index (χ4v) is 2.00. The summed E-state index contributed by atoms with van der Waals surface area (Å²) in [6.07, 6.45) is 1.28. The van der Waals surface area contributed by atoms with Crippen molar-refractivity contribution in [2.24, 2.45) is 11.7 Å². The molecule has 1 aromatic carbocycles. The molecule has 0 bridgehead atoms. The third-order valence-corrected chi connectivity index (χ3v) is 3.73. The van der Waals surface area contributed by atoms with Gasteiger partial charge in [0.1, 0.15) is 5.82 Å². The monoisotopic (exact) mass is 243 g/mol. The maximum absolute atomic E-state index is 13.6. The van der Waals surface area contributed by atoms with E-state index in [4.69, 9.17) is 17.3 Å². The molecule has 0 saturated heterocycles. The summed E-state index contributed by atoms with van der Waals surface area (Å²) < 4.78 is 13.6. The molecule has 2 N–H and O–H groups in total. The molecule has 16 heavy (non-hydrogen) atoms. The van der Waals surface area contributed by atoms with Gasteiger partial charge in [-0.25, -0.2) is 4.39 Å². The lowest BCUT2D eigenvalue weighted by Crippen LogP contribution is -2.46. The summed E-state index contributed by atoms with van der Waals surface area (Å²) in [5.41, 5.74) is 6.42. The molecule has 0 heterocycles. The maximum Gasteiger partial charge on any atom is 0.127 e. The molecule has 0 aliphatic carbocycles. The van der Waals surface area contributed by atoms with Crippen LogP contribution in [0.25, 0.3) is 0 Å². The molecular formula is C13H19ClFN. The van der Waals surface area contributed by atoms with E-state index in [1.54, 1.807) is 12.1 Å². The topological polar surface area (TPSA) is 26.0 Å². The first-order chi connectivity index (χ1) is 7.40. The van der Waals surface area contributed by atoms with Gasteiger partial charge < -0.3 is 5.73 Å². The van der Waals surface area contributed by atoms with E-state index < -0.39 is 5.54 Å². The number of benzene rings is 1. The van der Waals surface area contributed by atoms with Crippen LogP contribution in [-0.2, 0) is 6.42 Å². The first-order valence-electron chi connectivity index (χ1n) is 5.62. The average Bonchev–Trinajstić information content (AvgIpc) is 2.23. The van der Waals surface area contributed by atoms with E-state index in [9.17, 15) is 4.39 Å². The van der Waals surface area contributed by atoms with Gasteiger partial charge in [0.05, 0.1) is 0 Å². The van der Waals surface area contributed by atoms with Crippen LogP contribution < -0.4 is 5.73 Å². The van der Waals surface area contributed by atoms with Gasteiger partial charge in [-0.3, -0.25) is 0 Å². The summed E-state index contributed by atoms with van der Waals surface area (Å²) in [6, 6.07) is 4.74. The van der Waals surface area contributed by atoms with E-state index in [2.05, 4.69) is 13.8 Å².